The molecule has 0 radical (unpaired) electrons. The number of benzene rings is 3. The maximum absolute atomic E-state index is 12.8. The fraction of sp³-hybridized carbons (Fsp3) is 0.174. The van der Waals surface area contributed by atoms with Gasteiger partial charge in [0.15, 0.2) is 0 Å². The van der Waals surface area contributed by atoms with E-state index < -0.39 is 0 Å². The maximum atomic E-state index is 12.8. The Bertz CT molecular complexity index is 918. The molecule has 28 heavy (non-hydrogen) atoms. The highest BCUT2D eigenvalue weighted by Gasteiger charge is 2.32. The van der Waals surface area contributed by atoms with Gasteiger partial charge in [-0.15, -0.1) is 11.8 Å². The number of carbonyl (C=O) groups is 1. The van der Waals surface area contributed by atoms with Gasteiger partial charge in [0.25, 0.3) is 0 Å². The Morgan fingerprint density at radius 2 is 1.64 bits per heavy atom. The van der Waals surface area contributed by atoms with Gasteiger partial charge >= 0.3 is 6.03 Å². The molecule has 5 heteroatoms. The lowest BCUT2D eigenvalue weighted by molar-refractivity contribution is 0.213. The maximum Gasteiger partial charge on any atom is 0.323 e. The molecule has 0 saturated carbocycles. The number of urea groups is 1. The van der Waals surface area contributed by atoms with Crippen molar-refractivity contribution in [3.05, 3.63) is 96.1 Å². The second kappa shape index (κ2) is 8.85. The van der Waals surface area contributed by atoms with Crippen molar-refractivity contribution < 1.29 is 9.53 Å². The highest BCUT2D eigenvalue weighted by molar-refractivity contribution is 7.99. The number of nitrogens with zero attached hydrogens (tertiary/aromatic N) is 1. The van der Waals surface area contributed by atoms with E-state index in [9.17, 15) is 4.79 Å². The average Bonchev–Trinajstić information content (AvgIpc) is 3.24. The van der Waals surface area contributed by atoms with Gasteiger partial charge in [-0.1, -0.05) is 66.7 Å². The molecule has 4 rings (SSSR count). The van der Waals surface area contributed by atoms with Crippen molar-refractivity contribution >= 4 is 23.5 Å². The van der Waals surface area contributed by atoms with Crippen molar-refractivity contribution in [2.45, 2.75) is 12.0 Å². The second-order valence-corrected chi connectivity index (χ2v) is 7.71. The number of carbonyl (C=O) groups excluding carboxylic acids is 1. The third kappa shape index (κ3) is 4.31. The highest BCUT2D eigenvalue weighted by atomic mass is 32.2. The number of hydrogen-bond donors (Lipinski definition) is 1. The molecular weight excluding hydrogens is 368 g/mol. The molecule has 142 valence electrons. The quantitative estimate of drug-likeness (QED) is 0.621. The van der Waals surface area contributed by atoms with Gasteiger partial charge in [-0.3, -0.25) is 0 Å². The molecule has 1 saturated heterocycles. The molecule has 0 spiro atoms. The van der Waals surface area contributed by atoms with Crippen LogP contribution < -0.4 is 10.1 Å². The normalized spacial score (nSPS) is 16.0. The smallest absolute Gasteiger partial charge is 0.323 e. The van der Waals surface area contributed by atoms with Crippen LogP contribution in [-0.4, -0.2) is 23.2 Å². The number of para-hydroxylation sites is 2. The van der Waals surface area contributed by atoms with Crippen LogP contribution in [0.15, 0.2) is 84.9 Å². The first-order chi connectivity index (χ1) is 13.8. The number of anilines is 1. The summed E-state index contributed by atoms with van der Waals surface area (Å²) in [6.07, 6.45) is 0. The van der Waals surface area contributed by atoms with Gasteiger partial charge in [0.1, 0.15) is 17.7 Å². The molecule has 1 aliphatic heterocycles. The number of amides is 2. The van der Waals surface area contributed by atoms with E-state index in [0.29, 0.717) is 13.2 Å². The third-order valence-corrected chi connectivity index (χ3v) is 5.84. The number of thioether (sulfide) groups is 1. The van der Waals surface area contributed by atoms with Crippen LogP contribution in [0.2, 0.25) is 0 Å². The molecule has 0 aliphatic carbocycles. The molecule has 0 bridgehead atoms. The SMILES string of the molecule is O=C(Nc1ccccc1)N1CCSC1c1ccccc1OCc1ccccc1. The zero-order valence-corrected chi connectivity index (χ0v) is 16.3. The second-order valence-electron chi connectivity index (χ2n) is 6.52. The Balaban J connectivity index is 1.50. The minimum atomic E-state index is -0.0842. The summed E-state index contributed by atoms with van der Waals surface area (Å²) in [6, 6.07) is 27.6. The van der Waals surface area contributed by atoms with Crippen LogP contribution in [0.5, 0.6) is 5.75 Å². The van der Waals surface area contributed by atoms with E-state index in [1.165, 1.54) is 0 Å². The van der Waals surface area contributed by atoms with E-state index in [-0.39, 0.29) is 11.4 Å². The Hall–Kier alpha value is -2.92. The molecule has 1 unspecified atom stereocenters. The number of hydrogen-bond acceptors (Lipinski definition) is 3. The van der Waals surface area contributed by atoms with Crippen molar-refractivity contribution in [1.82, 2.24) is 4.90 Å². The minimum Gasteiger partial charge on any atom is -0.489 e. The van der Waals surface area contributed by atoms with Crippen LogP contribution in [0.25, 0.3) is 0 Å². The summed E-state index contributed by atoms with van der Waals surface area (Å²) in [5, 5.41) is 2.93. The fourth-order valence-electron chi connectivity index (χ4n) is 3.20. The molecule has 4 nitrogen and oxygen atoms in total. The van der Waals surface area contributed by atoms with Crippen LogP contribution in [0, 0.1) is 0 Å². The van der Waals surface area contributed by atoms with Gasteiger partial charge in [-0.05, 0) is 23.8 Å². The first-order valence-electron chi connectivity index (χ1n) is 9.31. The van der Waals surface area contributed by atoms with Crippen LogP contribution >= 0.6 is 11.8 Å². The van der Waals surface area contributed by atoms with E-state index in [1.807, 2.05) is 89.8 Å². The van der Waals surface area contributed by atoms with Crippen molar-refractivity contribution in [3.8, 4) is 5.75 Å². The molecule has 1 fully saturated rings. The van der Waals surface area contributed by atoms with E-state index in [2.05, 4.69) is 5.32 Å². The van der Waals surface area contributed by atoms with Gasteiger partial charge in [0, 0.05) is 23.5 Å². The summed E-state index contributed by atoms with van der Waals surface area (Å²) >= 11 is 1.76. The lowest BCUT2D eigenvalue weighted by atomic mass is 10.1. The van der Waals surface area contributed by atoms with E-state index in [4.69, 9.17) is 4.74 Å². The van der Waals surface area contributed by atoms with Crippen molar-refractivity contribution in [3.63, 3.8) is 0 Å². The largest absolute Gasteiger partial charge is 0.489 e. The highest BCUT2D eigenvalue weighted by Crippen LogP contribution is 2.42. The summed E-state index contributed by atoms with van der Waals surface area (Å²) in [5.41, 5.74) is 2.95. The Labute approximate surface area is 169 Å². The molecular formula is C23H22N2O2S. The monoisotopic (exact) mass is 390 g/mol. The zero-order valence-electron chi connectivity index (χ0n) is 15.5. The standard InChI is InChI=1S/C23H22N2O2S/c26-23(24-19-11-5-2-6-12-19)25-15-16-28-22(25)20-13-7-8-14-21(20)27-17-18-9-3-1-4-10-18/h1-14,22H,15-17H2,(H,24,26). The summed E-state index contributed by atoms with van der Waals surface area (Å²) in [4.78, 5) is 14.7. The summed E-state index contributed by atoms with van der Waals surface area (Å²) in [5.74, 6) is 1.73. The number of rotatable bonds is 5. The first kappa shape index (κ1) is 18.4. The average molecular weight is 391 g/mol. The van der Waals surface area contributed by atoms with Gasteiger partial charge < -0.3 is 15.0 Å². The molecule has 1 atom stereocenters. The number of nitrogens with one attached hydrogen (secondary N) is 1. The van der Waals surface area contributed by atoms with Gasteiger partial charge in [0.2, 0.25) is 0 Å². The van der Waals surface area contributed by atoms with Crippen molar-refractivity contribution in [2.24, 2.45) is 0 Å². The topological polar surface area (TPSA) is 41.6 Å². The lowest BCUT2D eigenvalue weighted by Gasteiger charge is -2.26. The summed E-state index contributed by atoms with van der Waals surface area (Å²) in [6.45, 7) is 1.21. The van der Waals surface area contributed by atoms with Crippen LogP contribution in [0.3, 0.4) is 0 Å². The molecule has 1 N–H and O–H groups in total. The lowest BCUT2D eigenvalue weighted by Crippen LogP contribution is -2.34. The van der Waals surface area contributed by atoms with Gasteiger partial charge in [-0.25, -0.2) is 4.79 Å². The van der Waals surface area contributed by atoms with Crippen molar-refractivity contribution in [1.29, 1.82) is 0 Å². The Morgan fingerprint density at radius 1 is 0.964 bits per heavy atom. The predicted molar refractivity (Wildman–Crippen MR) is 115 cm³/mol. The molecule has 0 aromatic heterocycles. The van der Waals surface area contributed by atoms with Crippen LogP contribution in [0.1, 0.15) is 16.5 Å². The molecule has 3 aromatic carbocycles. The van der Waals surface area contributed by atoms with Crippen LogP contribution in [0.4, 0.5) is 10.5 Å². The van der Waals surface area contributed by atoms with Crippen molar-refractivity contribution in [2.75, 3.05) is 17.6 Å². The minimum absolute atomic E-state index is 0.0596. The summed E-state index contributed by atoms with van der Waals surface area (Å²) in [7, 11) is 0. The number of ether oxygens (including phenoxy) is 1. The van der Waals surface area contributed by atoms with E-state index in [0.717, 1.165) is 28.3 Å². The molecule has 3 aromatic rings. The molecule has 1 heterocycles. The fourth-order valence-corrected chi connectivity index (χ4v) is 4.48. The Kier molecular flexibility index (Phi) is 5.83. The van der Waals surface area contributed by atoms with Gasteiger partial charge in [0.05, 0.1) is 0 Å². The van der Waals surface area contributed by atoms with Crippen LogP contribution in [-0.2, 0) is 6.61 Å². The molecule has 2 amide bonds. The molecule has 1 aliphatic rings. The zero-order chi connectivity index (χ0) is 19.2. The van der Waals surface area contributed by atoms with E-state index >= 15 is 0 Å². The first-order valence-corrected chi connectivity index (χ1v) is 10.4. The van der Waals surface area contributed by atoms with Gasteiger partial charge in [-0.2, -0.15) is 0 Å². The third-order valence-electron chi connectivity index (χ3n) is 4.60. The Morgan fingerprint density at radius 3 is 2.43 bits per heavy atom. The summed E-state index contributed by atoms with van der Waals surface area (Å²) < 4.78 is 6.11. The van der Waals surface area contributed by atoms with E-state index in [1.54, 1.807) is 11.8 Å². The predicted octanol–water partition coefficient (Wildman–Crippen LogP) is 5.55.